The van der Waals surface area contributed by atoms with Gasteiger partial charge in [-0.2, -0.15) is 0 Å². The second-order valence-corrected chi connectivity index (χ2v) is 9.53. The summed E-state index contributed by atoms with van der Waals surface area (Å²) in [5.74, 6) is -0.550. The van der Waals surface area contributed by atoms with Gasteiger partial charge in [0.25, 0.3) is 5.56 Å². The number of aromatic amines is 1. The van der Waals surface area contributed by atoms with E-state index in [-0.39, 0.29) is 37.2 Å². The number of nitrogens with zero attached hydrogens (tertiary/aromatic N) is 3. The summed E-state index contributed by atoms with van der Waals surface area (Å²) >= 11 is 0. The summed E-state index contributed by atoms with van der Waals surface area (Å²) in [6, 6.07) is 20.9. The summed E-state index contributed by atoms with van der Waals surface area (Å²) < 4.78 is 6.19. The number of H-pyrrole nitrogens is 1. The number of methoxy groups -OCH3 is 1. The summed E-state index contributed by atoms with van der Waals surface area (Å²) in [5, 5.41) is 6.96. The Morgan fingerprint density at radius 2 is 1.83 bits per heavy atom. The van der Waals surface area contributed by atoms with Crippen LogP contribution in [0.3, 0.4) is 0 Å². The van der Waals surface area contributed by atoms with Gasteiger partial charge in [-0.05, 0) is 35.7 Å². The van der Waals surface area contributed by atoms with E-state index in [1.807, 2.05) is 48.5 Å². The van der Waals surface area contributed by atoms with Crippen molar-refractivity contribution >= 4 is 28.6 Å². The Kier molecular flexibility index (Phi) is 8.49. The first kappa shape index (κ1) is 27.3. The third kappa shape index (κ3) is 6.85. The molecule has 0 fully saturated rings. The van der Waals surface area contributed by atoms with Crippen LogP contribution in [0.4, 0.5) is 5.82 Å². The van der Waals surface area contributed by atoms with Crippen molar-refractivity contribution in [1.29, 1.82) is 0 Å². The monoisotopic (exact) mass is 550 g/mol. The van der Waals surface area contributed by atoms with Crippen molar-refractivity contribution < 1.29 is 14.3 Å². The van der Waals surface area contributed by atoms with Gasteiger partial charge in [0.1, 0.15) is 6.54 Å². The second kappa shape index (κ2) is 12.7. The number of carbonyl (C=O) groups is 2. The zero-order chi connectivity index (χ0) is 28.6. The molecule has 0 saturated heterocycles. The van der Waals surface area contributed by atoms with E-state index in [0.29, 0.717) is 24.2 Å². The van der Waals surface area contributed by atoms with Crippen LogP contribution in [0.1, 0.15) is 16.8 Å². The quantitative estimate of drug-likeness (QED) is 0.215. The summed E-state index contributed by atoms with van der Waals surface area (Å²) in [6.45, 7) is 0.550. The number of carbonyl (C=O) groups excluding carboxylic acids is 2. The molecule has 0 atom stereocenters. The van der Waals surface area contributed by atoms with Crippen molar-refractivity contribution in [2.75, 3.05) is 19.0 Å². The smallest absolute Gasteiger partial charge is 0.309 e. The highest BCUT2D eigenvalue weighted by molar-refractivity contribution is 5.80. The van der Waals surface area contributed by atoms with Crippen molar-refractivity contribution in [2.24, 2.45) is 0 Å². The number of aromatic nitrogens is 4. The highest BCUT2D eigenvalue weighted by Crippen LogP contribution is 2.20. The first-order valence-corrected chi connectivity index (χ1v) is 13.2. The number of esters is 1. The van der Waals surface area contributed by atoms with Crippen molar-refractivity contribution in [2.45, 2.75) is 25.9 Å². The van der Waals surface area contributed by atoms with Crippen molar-refractivity contribution in [3.63, 3.8) is 0 Å². The molecule has 3 aromatic heterocycles. The van der Waals surface area contributed by atoms with Gasteiger partial charge in [-0.15, -0.1) is 0 Å². The Morgan fingerprint density at radius 1 is 1.00 bits per heavy atom. The van der Waals surface area contributed by atoms with E-state index in [9.17, 15) is 14.4 Å². The number of anilines is 1. The van der Waals surface area contributed by atoms with Crippen LogP contribution >= 0.6 is 0 Å². The van der Waals surface area contributed by atoms with Gasteiger partial charge < -0.3 is 20.4 Å². The van der Waals surface area contributed by atoms with Gasteiger partial charge in [0.15, 0.2) is 5.82 Å². The van der Waals surface area contributed by atoms with E-state index in [0.717, 1.165) is 27.7 Å². The maximum atomic E-state index is 13.6. The molecule has 0 aliphatic carbocycles. The summed E-state index contributed by atoms with van der Waals surface area (Å²) in [7, 11) is 1.34. The molecule has 3 N–H and O–H groups in total. The molecule has 3 heterocycles. The van der Waals surface area contributed by atoms with Crippen LogP contribution in [0.5, 0.6) is 0 Å². The van der Waals surface area contributed by atoms with Crippen LogP contribution in [0.25, 0.3) is 22.2 Å². The lowest BCUT2D eigenvalue weighted by Crippen LogP contribution is -2.34. The molecular formula is C31H30N6O4. The predicted molar refractivity (Wildman–Crippen MR) is 156 cm³/mol. The molecule has 0 radical (unpaired) electrons. The van der Waals surface area contributed by atoms with Crippen LogP contribution in [0, 0.1) is 0 Å². The zero-order valence-electron chi connectivity index (χ0n) is 22.6. The van der Waals surface area contributed by atoms with Gasteiger partial charge in [-0.1, -0.05) is 48.5 Å². The van der Waals surface area contributed by atoms with Crippen LogP contribution in [0.15, 0.2) is 90.1 Å². The average Bonchev–Trinajstić information content (AvgIpc) is 3.42. The third-order valence-corrected chi connectivity index (χ3v) is 6.66. The minimum absolute atomic E-state index is 0.0850. The highest BCUT2D eigenvalue weighted by atomic mass is 16.5. The Bertz CT molecular complexity index is 1700. The molecule has 0 spiro atoms. The van der Waals surface area contributed by atoms with Gasteiger partial charge in [-0.3, -0.25) is 23.9 Å². The summed E-state index contributed by atoms with van der Waals surface area (Å²) in [5.41, 5.74) is 4.30. The van der Waals surface area contributed by atoms with Crippen molar-refractivity contribution in [3.8, 4) is 11.3 Å². The molecule has 0 bridgehead atoms. The number of amides is 1. The van der Waals surface area contributed by atoms with Crippen molar-refractivity contribution in [1.82, 2.24) is 24.8 Å². The number of ether oxygens (including phenoxy) is 1. The maximum absolute atomic E-state index is 13.6. The average molecular weight is 551 g/mol. The predicted octanol–water partition coefficient (Wildman–Crippen LogP) is 3.47. The molecule has 208 valence electrons. The first-order valence-electron chi connectivity index (χ1n) is 13.2. The van der Waals surface area contributed by atoms with E-state index >= 15 is 0 Å². The van der Waals surface area contributed by atoms with Crippen LogP contribution in [-0.4, -0.2) is 45.1 Å². The fourth-order valence-electron chi connectivity index (χ4n) is 4.57. The number of benzene rings is 2. The minimum atomic E-state index is -0.416. The van der Waals surface area contributed by atoms with Crippen LogP contribution in [0.2, 0.25) is 0 Å². The lowest BCUT2D eigenvalue weighted by Gasteiger charge is -2.15. The maximum Gasteiger partial charge on any atom is 0.309 e. The normalized spacial score (nSPS) is 10.9. The van der Waals surface area contributed by atoms with Crippen LogP contribution in [-0.2, 0) is 40.3 Å². The largest absolute Gasteiger partial charge is 0.469 e. The Labute approximate surface area is 236 Å². The highest BCUT2D eigenvalue weighted by Gasteiger charge is 2.16. The fourth-order valence-corrected chi connectivity index (χ4v) is 4.57. The molecule has 41 heavy (non-hydrogen) atoms. The lowest BCUT2D eigenvalue weighted by molar-refractivity contribution is -0.139. The van der Waals surface area contributed by atoms with E-state index in [1.54, 1.807) is 36.8 Å². The molecule has 0 aliphatic heterocycles. The Balaban J connectivity index is 1.38. The zero-order valence-corrected chi connectivity index (χ0v) is 22.6. The number of fused-ring (bicyclic) bond motifs is 1. The topological polar surface area (TPSA) is 131 Å². The second-order valence-electron chi connectivity index (χ2n) is 9.53. The Hall–Kier alpha value is -5.25. The van der Waals surface area contributed by atoms with Crippen molar-refractivity contribution in [3.05, 3.63) is 112 Å². The molecule has 0 aliphatic rings. The molecule has 10 nitrogen and oxygen atoms in total. The standard InChI is InChI=1S/C31H30N6O4/c1-41-29(39)15-22-8-5-9-23(14-22)27-19-35-30(33-13-10-21-6-3-2-4-7-21)31(40)37(27)20-28(38)34-18-25-16-24-17-32-12-11-26(24)36-25/h2-9,11-12,14,16-17,19,36H,10,13,15,18,20H2,1H3,(H,33,35)(H,34,38). The van der Waals surface area contributed by atoms with Crippen LogP contribution < -0.4 is 16.2 Å². The molecule has 5 rings (SSSR count). The Morgan fingerprint density at radius 3 is 2.63 bits per heavy atom. The number of pyridine rings is 1. The number of hydrogen-bond donors (Lipinski definition) is 3. The van der Waals surface area contributed by atoms with Gasteiger partial charge in [0, 0.05) is 41.1 Å². The molecule has 5 aromatic rings. The number of hydrogen-bond acceptors (Lipinski definition) is 7. The summed E-state index contributed by atoms with van der Waals surface area (Å²) in [4.78, 5) is 50.3. The van der Waals surface area contributed by atoms with E-state index < -0.39 is 5.56 Å². The van der Waals surface area contributed by atoms with Gasteiger partial charge in [0.2, 0.25) is 5.91 Å². The molecule has 2 aromatic carbocycles. The molecule has 0 unspecified atom stereocenters. The first-order chi connectivity index (χ1) is 20.0. The number of nitrogens with one attached hydrogen (secondary N) is 3. The summed E-state index contributed by atoms with van der Waals surface area (Å²) in [6.07, 6.45) is 5.81. The van der Waals surface area contributed by atoms with E-state index in [4.69, 9.17) is 4.74 Å². The van der Waals surface area contributed by atoms with Gasteiger partial charge >= 0.3 is 5.97 Å². The molecule has 10 heteroatoms. The molecule has 1 amide bonds. The number of rotatable bonds is 11. The van der Waals surface area contributed by atoms with Gasteiger partial charge in [0.05, 0.1) is 32.0 Å². The SMILES string of the molecule is COC(=O)Cc1cccc(-c2cnc(NCCc3ccccc3)c(=O)n2CC(=O)NCc2cc3cnccc3[nH]2)c1. The third-order valence-electron chi connectivity index (χ3n) is 6.66. The fraction of sp³-hybridized carbons (Fsp3) is 0.194. The molecule has 0 saturated carbocycles. The van der Waals surface area contributed by atoms with E-state index in [1.165, 1.54) is 11.7 Å². The lowest BCUT2D eigenvalue weighted by atomic mass is 10.1. The minimum Gasteiger partial charge on any atom is -0.469 e. The molecular weight excluding hydrogens is 520 g/mol. The van der Waals surface area contributed by atoms with E-state index in [2.05, 4.69) is 25.6 Å². The van der Waals surface area contributed by atoms with Gasteiger partial charge in [-0.25, -0.2) is 4.98 Å².